The van der Waals surface area contributed by atoms with E-state index in [2.05, 4.69) is 99.7 Å². The van der Waals surface area contributed by atoms with Crippen molar-refractivity contribution in [3.63, 3.8) is 0 Å². The summed E-state index contributed by atoms with van der Waals surface area (Å²) in [6.07, 6.45) is -2.06. The highest BCUT2D eigenvalue weighted by Crippen LogP contribution is 2.20. The van der Waals surface area contributed by atoms with Gasteiger partial charge >= 0.3 is 5.97 Å². The van der Waals surface area contributed by atoms with E-state index >= 15 is 0 Å². The number of carboxylic acid groups (broad SMARTS) is 1. The molecule has 43 heteroatoms. The number of carbonyl (C=O) groups is 13. The lowest BCUT2D eigenvalue weighted by atomic mass is 9.99. The Balaban J connectivity index is 3.62. The molecule has 0 aromatic heterocycles. The van der Waals surface area contributed by atoms with Gasteiger partial charge in [0.05, 0.1) is 18.6 Å². The van der Waals surface area contributed by atoms with Crippen LogP contribution in [0.3, 0.4) is 0 Å². The van der Waals surface area contributed by atoms with E-state index in [0.29, 0.717) is 24.8 Å². The van der Waals surface area contributed by atoms with Gasteiger partial charge in [-0.2, -0.15) is 25.3 Å². The summed E-state index contributed by atoms with van der Waals surface area (Å²) in [4.78, 5) is 179. The van der Waals surface area contributed by atoms with Crippen LogP contribution >= 0.6 is 25.3 Å². The fraction of sp³-hybridized carbons (Fsp3) is 0.651. The van der Waals surface area contributed by atoms with E-state index in [1.165, 1.54) is 38.1 Å². The maximum absolute atomic E-state index is 14.5. The Labute approximate surface area is 625 Å². The third kappa shape index (κ3) is 37.4. The summed E-state index contributed by atoms with van der Waals surface area (Å²) in [7, 11) is 0. The number of guanidine groups is 3. The number of carboxylic acids is 1. The zero-order chi connectivity index (χ0) is 80.4. The molecule has 0 saturated heterocycles. The molecule has 598 valence electrons. The van der Waals surface area contributed by atoms with E-state index in [1.807, 2.05) is 6.92 Å². The Morgan fingerprint density at radius 3 is 1.17 bits per heavy atom. The summed E-state index contributed by atoms with van der Waals surface area (Å²) >= 11 is 8.75. The van der Waals surface area contributed by atoms with E-state index in [9.17, 15) is 77.6 Å². The maximum Gasteiger partial charge on any atom is 0.326 e. The molecule has 36 N–H and O–H groups in total. The van der Waals surface area contributed by atoms with Gasteiger partial charge < -0.3 is 136 Å². The van der Waals surface area contributed by atoms with Crippen LogP contribution in [-0.4, -0.2) is 238 Å². The van der Waals surface area contributed by atoms with Crippen LogP contribution in [0.2, 0.25) is 0 Å². The van der Waals surface area contributed by atoms with Gasteiger partial charge in [-0.15, -0.1) is 0 Å². The molecule has 0 aliphatic rings. The van der Waals surface area contributed by atoms with Crippen molar-refractivity contribution < 1.29 is 77.6 Å². The predicted molar refractivity (Wildman–Crippen MR) is 398 cm³/mol. The van der Waals surface area contributed by atoms with Crippen molar-refractivity contribution in [1.29, 1.82) is 16.2 Å². The lowest BCUT2D eigenvalue weighted by molar-refractivity contribution is -0.142. The molecule has 0 radical (unpaired) electrons. The summed E-state index contributed by atoms with van der Waals surface area (Å²) in [5.74, 6) is -15.2. The second-order valence-electron chi connectivity index (χ2n) is 25.6. The molecule has 0 bridgehead atoms. The number of aliphatic hydroxyl groups is 1. The lowest BCUT2D eigenvalue weighted by Gasteiger charge is -2.32. The number of phenols is 1. The number of aromatic hydroxyl groups is 1. The first-order valence-electron chi connectivity index (χ1n) is 34.6. The standard InChI is InChI=1S/C63H113N25O16S2/c1-5-6-12-42(59(103)104)84-50(94)38(15-10-27-76-61(71)72)79-52(96)40(21-24-65)82-56(100)44(31-105)86-51(95)36(13-7-8-23-64)78-53(97)41(22-25-66)83-57(101)46(32(2)89)87-54(98)39(16-11-28-77-62(73)74)80-49(93)37(14-9-26-75-60(69)70)81-55(99)43(30-45(68)91)85-58(102)47(63(3,4)106)88-48(92)35(67)29-33-17-19-34(90)20-18-33/h17-20,32,35-44,46-47,89-90,105-106H,5-16,21-31,64-67H2,1-4H3,(H2,68,91)(H,78,97)(H,79,96)(H,80,93)(H,81,99)(H,82,100)(H,83,101)(H,84,94)(H,85,102)(H,86,95)(H,87,98)(H,88,92)(H,103,104)(H4,69,70,75)(H4,71,72,76)(H4,73,74,77)/t32-,35+,36+,37+,38+,39+,40+,41-,42+,43+,44+,46+,47-/m1/s1. The van der Waals surface area contributed by atoms with Gasteiger partial charge in [-0.1, -0.05) is 31.9 Å². The molecule has 0 unspecified atom stereocenters. The zero-order valence-electron chi connectivity index (χ0n) is 60.2. The highest BCUT2D eigenvalue weighted by molar-refractivity contribution is 7.81. The molecule has 13 atom stereocenters. The number of nitrogens with one attached hydrogen (secondary N) is 17. The molecule has 1 aromatic rings. The summed E-state index contributed by atoms with van der Waals surface area (Å²) in [6.45, 7) is 5.56. The average Bonchev–Trinajstić information content (AvgIpc) is 0.819. The largest absolute Gasteiger partial charge is 0.508 e. The summed E-state index contributed by atoms with van der Waals surface area (Å²) in [6, 6.07) is -12.6. The molecule has 0 spiro atoms. The van der Waals surface area contributed by atoms with E-state index in [-0.39, 0.29) is 134 Å². The quantitative estimate of drug-likeness (QED) is 0.0125. The van der Waals surface area contributed by atoms with Crippen LogP contribution in [-0.2, 0) is 68.7 Å². The predicted octanol–water partition coefficient (Wildman–Crippen LogP) is -8.62. The number of aliphatic hydroxyl groups excluding tert-OH is 1. The first kappa shape index (κ1) is 94.5. The molecular weight excluding hydrogens is 1430 g/mol. The smallest absolute Gasteiger partial charge is 0.326 e. The third-order valence-corrected chi connectivity index (χ3v) is 16.6. The molecular formula is C63H113N25O16S2. The molecule has 0 aliphatic heterocycles. The maximum atomic E-state index is 14.5. The fourth-order valence-electron chi connectivity index (χ4n) is 10.2. The van der Waals surface area contributed by atoms with Crippen molar-refractivity contribution in [3.8, 4) is 5.75 Å². The normalized spacial score (nSPS) is 14.8. The van der Waals surface area contributed by atoms with Gasteiger partial charge in [0.1, 0.15) is 72.2 Å². The minimum absolute atomic E-state index is 0.0142. The average molecular weight is 1540 g/mol. The van der Waals surface area contributed by atoms with Gasteiger partial charge in [-0.05, 0) is 142 Å². The van der Waals surface area contributed by atoms with Crippen molar-refractivity contribution >= 4 is 120 Å². The number of nitrogens with two attached hydrogens (primary N) is 8. The second kappa shape index (κ2) is 50.0. The van der Waals surface area contributed by atoms with E-state index in [4.69, 9.17) is 62.1 Å². The van der Waals surface area contributed by atoms with Gasteiger partial charge in [0, 0.05) is 30.1 Å². The van der Waals surface area contributed by atoms with Crippen LogP contribution in [0.15, 0.2) is 24.3 Å². The van der Waals surface area contributed by atoms with Crippen LogP contribution in [0.5, 0.6) is 5.75 Å². The third-order valence-electron chi connectivity index (χ3n) is 16.0. The SMILES string of the molecule is CCCC[C@H](NC(=O)[C@H](CCCNC(=N)N)NC(=O)[C@H](CCN)NC(=O)[C@H](CS)NC(=O)[C@H](CCCCN)NC(=O)[C@@H](CCN)NC(=O)[C@@H](NC(=O)[C@H](CCCNC(=N)N)NC(=O)[C@H](CCCNC(=N)N)NC(=O)[C@H](CC(N)=O)NC(=O)[C@@H](NC(=O)[C@@H](N)Cc1ccc(O)cc1)C(C)(C)S)[C@@H](C)O)C(=O)O. The van der Waals surface area contributed by atoms with Crippen LogP contribution in [0.4, 0.5) is 0 Å². The molecule has 0 heterocycles. The second-order valence-corrected chi connectivity index (χ2v) is 27.1. The minimum Gasteiger partial charge on any atom is -0.508 e. The molecule has 0 aliphatic carbocycles. The number of hydrogen-bond donors (Lipinski definition) is 30. The number of amides is 12. The summed E-state index contributed by atoms with van der Waals surface area (Å²) in [5.41, 5.74) is 46.1. The number of unbranched alkanes of at least 4 members (excludes halogenated alkanes) is 2. The number of primary amides is 1. The highest BCUT2D eigenvalue weighted by Gasteiger charge is 2.40. The van der Waals surface area contributed by atoms with Gasteiger partial charge in [0.25, 0.3) is 0 Å². The monoisotopic (exact) mass is 1540 g/mol. The number of phenolic OH excluding ortho intramolecular Hbond substituents is 1. The first-order chi connectivity index (χ1) is 49.8. The number of hydrogen-bond acceptors (Lipinski definition) is 24. The molecule has 1 aromatic carbocycles. The van der Waals surface area contributed by atoms with Crippen LogP contribution in [0.25, 0.3) is 0 Å². The van der Waals surface area contributed by atoms with Crippen LogP contribution in [0.1, 0.15) is 130 Å². The van der Waals surface area contributed by atoms with Gasteiger partial charge in [-0.3, -0.25) is 73.8 Å². The van der Waals surface area contributed by atoms with Gasteiger partial charge in [0.15, 0.2) is 17.9 Å². The number of thiol groups is 2. The highest BCUT2D eigenvalue weighted by atomic mass is 32.1. The molecule has 41 nitrogen and oxygen atoms in total. The number of aliphatic carboxylic acids is 1. The van der Waals surface area contributed by atoms with Crippen molar-refractivity contribution in [2.45, 2.75) is 214 Å². The Morgan fingerprint density at radius 1 is 0.462 bits per heavy atom. The topological polar surface area (TPSA) is 731 Å². The number of benzene rings is 1. The van der Waals surface area contributed by atoms with Crippen molar-refractivity contribution in [2.75, 3.05) is 45.0 Å². The van der Waals surface area contributed by atoms with Crippen LogP contribution in [0, 0.1) is 16.2 Å². The number of rotatable bonds is 53. The molecule has 0 fully saturated rings. The van der Waals surface area contributed by atoms with Gasteiger partial charge in [-0.25, -0.2) is 4.79 Å². The molecule has 106 heavy (non-hydrogen) atoms. The summed E-state index contributed by atoms with van der Waals surface area (Å²) in [5, 5.41) is 88.1. The van der Waals surface area contributed by atoms with E-state index in [0.717, 1.165) is 6.92 Å². The van der Waals surface area contributed by atoms with Crippen molar-refractivity contribution in [3.05, 3.63) is 29.8 Å². The zero-order valence-corrected chi connectivity index (χ0v) is 62.0. The van der Waals surface area contributed by atoms with E-state index < -0.39 is 179 Å². The Hall–Kier alpha value is -9.56. The summed E-state index contributed by atoms with van der Waals surface area (Å²) < 4.78 is -1.37. The van der Waals surface area contributed by atoms with Crippen LogP contribution < -0.4 is 120 Å². The molecule has 12 amide bonds. The first-order valence-corrected chi connectivity index (χ1v) is 35.7. The Kier molecular flexibility index (Phi) is 44.6. The molecule has 1 rings (SSSR count). The molecule has 0 saturated carbocycles. The van der Waals surface area contributed by atoms with Gasteiger partial charge in [0.2, 0.25) is 70.9 Å². The lowest BCUT2D eigenvalue weighted by Crippen LogP contribution is -2.63. The van der Waals surface area contributed by atoms with E-state index in [1.54, 1.807) is 0 Å². The Morgan fingerprint density at radius 2 is 0.811 bits per heavy atom. The Bertz CT molecular complexity index is 3100. The number of carbonyl (C=O) groups excluding carboxylic acids is 12. The minimum atomic E-state index is -1.92. The van der Waals surface area contributed by atoms with Crippen molar-refractivity contribution in [1.82, 2.24) is 74.4 Å². The fourth-order valence-corrected chi connectivity index (χ4v) is 10.6. The van der Waals surface area contributed by atoms with Crippen molar-refractivity contribution in [2.24, 2.45) is 45.9 Å².